The van der Waals surface area contributed by atoms with Gasteiger partial charge in [-0.2, -0.15) is 4.99 Å². The number of nitrogens with zero attached hydrogens (tertiary/aromatic N) is 2. The molecule has 0 saturated heterocycles. The first kappa shape index (κ1) is 29.4. The van der Waals surface area contributed by atoms with Gasteiger partial charge in [0.25, 0.3) is 0 Å². The molecule has 3 aromatic carbocycles. The number of benzene rings is 3. The lowest BCUT2D eigenvalue weighted by atomic mass is 9.92. The Morgan fingerprint density at radius 1 is 1.10 bits per heavy atom. The highest BCUT2D eigenvalue weighted by Crippen LogP contribution is 2.42. The number of aromatic nitrogens is 1. The van der Waals surface area contributed by atoms with E-state index >= 15 is 0 Å². The molecule has 1 amide bonds. The number of hydrogen-bond donors (Lipinski definition) is 3. The van der Waals surface area contributed by atoms with Crippen LogP contribution in [0.25, 0.3) is 10.9 Å². The highest BCUT2D eigenvalue weighted by molar-refractivity contribution is 6.31. The average Bonchev–Trinajstić information content (AvgIpc) is 3.37. The lowest BCUT2D eigenvalue weighted by molar-refractivity contribution is -0.530. The Morgan fingerprint density at radius 2 is 1.90 bits per heavy atom. The van der Waals surface area contributed by atoms with E-state index < -0.39 is 12.1 Å². The minimum absolute atomic E-state index is 0.415. The van der Waals surface area contributed by atoms with Crippen molar-refractivity contribution < 1.29 is 24.3 Å². The highest BCUT2D eigenvalue weighted by Gasteiger charge is 2.36. The predicted octanol–water partition coefficient (Wildman–Crippen LogP) is 5.99. The number of amides is 1. The van der Waals surface area contributed by atoms with Crippen LogP contribution in [0.5, 0.6) is 17.2 Å². The summed E-state index contributed by atoms with van der Waals surface area (Å²) in [6.45, 7) is 1.84. The molecule has 218 valence electrons. The van der Waals surface area contributed by atoms with Gasteiger partial charge in [0, 0.05) is 39.6 Å². The molecule has 1 unspecified atom stereocenters. The van der Waals surface area contributed by atoms with Gasteiger partial charge < -0.3 is 24.5 Å². The molecule has 2 heterocycles. The third-order valence-corrected chi connectivity index (χ3v) is 7.62. The zero-order valence-corrected chi connectivity index (χ0v) is 24.6. The van der Waals surface area contributed by atoms with Crippen molar-refractivity contribution in [1.29, 1.82) is 5.41 Å². The molecule has 0 spiro atoms. The SMILES string of the molecule is COc1cc(C2c3[nH]c4ccc(Cl)cc4c3CCN2C(=O)Oc2ccc(Cl)cc2)ccc1OCCCC[NH2+]C=NC=N. The summed E-state index contributed by atoms with van der Waals surface area (Å²) in [5.41, 5.74) is 3.83. The van der Waals surface area contributed by atoms with E-state index in [2.05, 4.69) is 9.98 Å². The van der Waals surface area contributed by atoms with Crippen molar-refractivity contribution >= 4 is 52.9 Å². The van der Waals surface area contributed by atoms with E-state index in [4.69, 9.17) is 42.8 Å². The molecule has 9 nitrogen and oxygen atoms in total. The smallest absolute Gasteiger partial charge is 0.416 e. The van der Waals surface area contributed by atoms with Crippen LogP contribution < -0.4 is 19.5 Å². The Labute approximate surface area is 253 Å². The first-order valence-electron chi connectivity index (χ1n) is 13.7. The maximum atomic E-state index is 13.6. The molecule has 11 heteroatoms. The molecule has 5 rings (SSSR count). The minimum atomic E-state index is -0.466. The molecular weight excluding hydrogens is 577 g/mol. The van der Waals surface area contributed by atoms with Gasteiger partial charge >= 0.3 is 6.09 Å². The van der Waals surface area contributed by atoms with Crippen molar-refractivity contribution in [1.82, 2.24) is 9.88 Å². The second-order valence-corrected chi connectivity index (χ2v) is 10.7. The van der Waals surface area contributed by atoms with Gasteiger partial charge in [-0.25, -0.2) is 4.79 Å². The molecule has 1 aliphatic rings. The summed E-state index contributed by atoms with van der Waals surface area (Å²) in [6.07, 6.45) is 4.61. The van der Waals surface area contributed by atoms with Crippen molar-refractivity contribution in [2.45, 2.75) is 25.3 Å². The van der Waals surface area contributed by atoms with Crippen molar-refractivity contribution in [3.63, 3.8) is 0 Å². The third-order valence-electron chi connectivity index (χ3n) is 7.13. The third kappa shape index (κ3) is 6.70. The van der Waals surface area contributed by atoms with Gasteiger partial charge in [0.15, 0.2) is 17.8 Å². The molecule has 1 aliphatic heterocycles. The fourth-order valence-corrected chi connectivity index (χ4v) is 5.46. The van der Waals surface area contributed by atoms with Crippen LogP contribution in [-0.4, -0.2) is 55.5 Å². The molecule has 4 N–H and O–H groups in total. The van der Waals surface area contributed by atoms with Crippen molar-refractivity contribution in [3.8, 4) is 17.2 Å². The van der Waals surface area contributed by atoms with E-state index in [1.54, 1.807) is 42.6 Å². The Kier molecular flexibility index (Phi) is 9.63. The maximum Gasteiger partial charge on any atom is 0.416 e. The summed E-state index contributed by atoms with van der Waals surface area (Å²) in [7, 11) is 1.60. The van der Waals surface area contributed by atoms with E-state index in [0.29, 0.717) is 46.9 Å². The first-order valence-corrected chi connectivity index (χ1v) is 14.4. The van der Waals surface area contributed by atoms with Crippen LogP contribution >= 0.6 is 23.2 Å². The number of hydrogen-bond acceptors (Lipinski definition) is 5. The molecular formula is C31H32Cl2N5O4+. The Bertz CT molecular complexity index is 1590. The number of rotatable bonds is 11. The van der Waals surface area contributed by atoms with Crippen LogP contribution in [0.15, 0.2) is 65.7 Å². The van der Waals surface area contributed by atoms with Gasteiger partial charge in [-0.3, -0.25) is 10.3 Å². The van der Waals surface area contributed by atoms with E-state index in [1.807, 2.05) is 41.7 Å². The van der Waals surface area contributed by atoms with Crippen LogP contribution in [0.2, 0.25) is 10.0 Å². The quantitative estimate of drug-likeness (QED) is 0.110. The van der Waals surface area contributed by atoms with Crippen molar-refractivity contribution in [3.05, 3.63) is 87.5 Å². The van der Waals surface area contributed by atoms with Crippen LogP contribution in [0, 0.1) is 5.41 Å². The molecule has 0 aliphatic carbocycles. The number of halogens is 2. The fourth-order valence-electron chi connectivity index (χ4n) is 5.16. The zero-order chi connectivity index (χ0) is 29.5. The molecule has 0 radical (unpaired) electrons. The van der Waals surface area contributed by atoms with Crippen LogP contribution in [0.3, 0.4) is 0 Å². The number of aliphatic imine (C=N–C) groups is 1. The Morgan fingerprint density at radius 3 is 2.69 bits per heavy atom. The zero-order valence-electron chi connectivity index (χ0n) is 23.1. The number of ether oxygens (including phenoxy) is 3. The maximum absolute atomic E-state index is 13.6. The van der Waals surface area contributed by atoms with Gasteiger partial charge in [0.2, 0.25) is 0 Å². The molecule has 0 fully saturated rings. The van der Waals surface area contributed by atoms with Gasteiger partial charge in [-0.05, 0) is 78.6 Å². The van der Waals surface area contributed by atoms with Gasteiger partial charge in [0.05, 0.1) is 20.3 Å². The minimum Gasteiger partial charge on any atom is -0.493 e. The normalized spacial score (nSPS) is 14.6. The summed E-state index contributed by atoms with van der Waals surface area (Å²) in [6, 6.07) is 17.8. The lowest BCUT2D eigenvalue weighted by Crippen LogP contribution is -2.82. The predicted molar refractivity (Wildman–Crippen MR) is 165 cm³/mol. The topological polar surface area (TPSA) is 117 Å². The summed E-state index contributed by atoms with van der Waals surface area (Å²) in [5.74, 6) is 1.62. The number of nitrogens with two attached hydrogens (primary N) is 1. The lowest BCUT2D eigenvalue weighted by Gasteiger charge is -2.35. The second kappa shape index (κ2) is 13.7. The highest BCUT2D eigenvalue weighted by atomic mass is 35.5. The number of aromatic amines is 1. The van der Waals surface area contributed by atoms with Gasteiger partial charge in [-0.15, -0.1) is 0 Å². The number of nitrogens with one attached hydrogen (secondary N) is 2. The van der Waals surface area contributed by atoms with E-state index in [0.717, 1.165) is 53.4 Å². The second-order valence-electron chi connectivity index (χ2n) is 9.79. The molecule has 4 aromatic rings. The average molecular weight is 610 g/mol. The standard InChI is InChI=1S/C31H31Cl2N5O4/c1-40-28-16-20(4-11-27(28)41-15-3-2-13-35-19-36-18-34)30-29-24(25-17-22(33)7-10-26(25)37-29)12-14-38(30)31(39)42-23-8-5-21(32)6-9-23/h4-11,16-19,30,37H,2-3,12-15H2,1H3,(H2,34,35,36)/p+1. The van der Waals surface area contributed by atoms with Crippen LogP contribution in [-0.2, 0) is 6.42 Å². The Balaban J connectivity index is 1.41. The molecule has 0 bridgehead atoms. The first-order chi connectivity index (χ1) is 20.5. The Hall–Kier alpha value is -4.05. The number of fused-ring (bicyclic) bond motifs is 3. The number of carbonyl (C=O) groups is 1. The van der Waals surface area contributed by atoms with E-state index in [-0.39, 0.29) is 0 Å². The van der Waals surface area contributed by atoms with E-state index in [9.17, 15) is 4.79 Å². The number of H-pyrrole nitrogens is 1. The largest absolute Gasteiger partial charge is 0.493 e. The molecule has 42 heavy (non-hydrogen) atoms. The summed E-state index contributed by atoms with van der Waals surface area (Å²) in [4.78, 5) is 22.6. The molecule has 0 saturated carbocycles. The van der Waals surface area contributed by atoms with Gasteiger partial charge in [-0.1, -0.05) is 29.3 Å². The van der Waals surface area contributed by atoms with Crippen molar-refractivity contribution in [2.75, 3.05) is 26.8 Å². The number of unbranched alkanes of at least 4 members (excludes halogenated alkanes) is 1. The number of quaternary nitrogens is 1. The van der Waals surface area contributed by atoms with Gasteiger partial charge in [0.1, 0.15) is 18.1 Å². The molecule has 1 aromatic heterocycles. The van der Waals surface area contributed by atoms with E-state index in [1.165, 1.54) is 0 Å². The summed E-state index contributed by atoms with van der Waals surface area (Å²) >= 11 is 12.4. The fraction of sp³-hybridized carbons (Fsp3) is 0.258. The number of methoxy groups -OCH3 is 1. The van der Waals surface area contributed by atoms with Crippen LogP contribution in [0.4, 0.5) is 4.79 Å². The van der Waals surface area contributed by atoms with Crippen LogP contribution in [0.1, 0.15) is 35.7 Å². The summed E-state index contributed by atoms with van der Waals surface area (Å²) < 4.78 is 17.5. The number of carbonyl (C=O) groups excluding carboxylic acids is 1. The summed E-state index contributed by atoms with van der Waals surface area (Å²) in [5, 5.41) is 11.1. The van der Waals surface area contributed by atoms with Crippen molar-refractivity contribution in [2.24, 2.45) is 4.99 Å². The monoisotopic (exact) mass is 608 g/mol. The molecule has 1 atom stereocenters.